The minimum absolute atomic E-state index is 0.139. The van der Waals surface area contributed by atoms with E-state index in [4.69, 9.17) is 0 Å². The number of benzene rings is 1. The Morgan fingerprint density at radius 2 is 1.88 bits per heavy atom. The normalized spacial score (nSPS) is 10.2. The number of hydrogen-bond acceptors (Lipinski definition) is 4. The highest BCUT2D eigenvalue weighted by Crippen LogP contribution is 2.15. The van der Waals surface area contributed by atoms with Gasteiger partial charge in [-0.25, -0.2) is 4.98 Å². The van der Waals surface area contributed by atoms with Crippen LogP contribution in [-0.2, 0) is 6.54 Å². The van der Waals surface area contributed by atoms with E-state index in [1.54, 1.807) is 30.4 Å². The highest BCUT2D eigenvalue weighted by molar-refractivity contribution is 6.04. The van der Waals surface area contributed by atoms with E-state index in [0.29, 0.717) is 12.2 Å². The molecule has 0 aliphatic carbocycles. The summed E-state index contributed by atoms with van der Waals surface area (Å²) < 4.78 is 0. The fraction of sp³-hybridized carbons (Fsp3) is 0.105. The molecule has 0 fully saturated rings. The Morgan fingerprint density at radius 1 is 1.04 bits per heavy atom. The van der Waals surface area contributed by atoms with Crippen LogP contribution in [0.15, 0.2) is 73.2 Å². The number of hydrogen-bond donors (Lipinski definition) is 1. The zero-order valence-electron chi connectivity index (χ0n) is 13.4. The lowest BCUT2D eigenvalue weighted by molar-refractivity contribution is 0.0988. The highest BCUT2D eigenvalue weighted by Gasteiger charge is 2.14. The van der Waals surface area contributed by atoms with E-state index in [0.717, 1.165) is 16.9 Å². The molecule has 0 aliphatic rings. The lowest BCUT2D eigenvalue weighted by Crippen LogP contribution is -2.26. The largest absolute Gasteiger partial charge is 0.380 e. The van der Waals surface area contributed by atoms with Gasteiger partial charge in [-0.2, -0.15) is 0 Å². The van der Waals surface area contributed by atoms with E-state index in [-0.39, 0.29) is 5.91 Å². The second kappa shape index (κ2) is 7.37. The predicted octanol–water partition coefficient (Wildman–Crippen LogP) is 3.37. The molecule has 0 aliphatic heterocycles. The molecular formula is C19H18N4O. The highest BCUT2D eigenvalue weighted by atomic mass is 16.2. The first kappa shape index (κ1) is 15.7. The molecule has 2 heterocycles. The maximum atomic E-state index is 12.5. The van der Waals surface area contributed by atoms with Gasteiger partial charge in [0.2, 0.25) is 0 Å². The molecule has 3 rings (SSSR count). The van der Waals surface area contributed by atoms with Crippen LogP contribution in [0.1, 0.15) is 16.1 Å². The van der Waals surface area contributed by atoms with Crippen molar-refractivity contribution in [3.63, 3.8) is 0 Å². The van der Waals surface area contributed by atoms with E-state index < -0.39 is 0 Å². The smallest absolute Gasteiger partial charge is 0.276 e. The molecule has 2 aromatic heterocycles. The van der Waals surface area contributed by atoms with Gasteiger partial charge in [-0.15, -0.1) is 0 Å². The second-order valence-electron chi connectivity index (χ2n) is 5.35. The third-order valence-corrected chi connectivity index (χ3v) is 3.65. The van der Waals surface area contributed by atoms with Gasteiger partial charge in [-0.1, -0.05) is 24.3 Å². The van der Waals surface area contributed by atoms with Gasteiger partial charge < -0.3 is 10.2 Å². The quantitative estimate of drug-likeness (QED) is 0.783. The zero-order valence-corrected chi connectivity index (χ0v) is 13.4. The minimum Gasteiger partial charge on any atom is -0.380 e. The van der Waals surface area contributed by atoms with Crippen LogP contribution in [-0.4, -0.2) is 22.9 Å². The van der Waals surface area contributed by atoms with Crippen molar-refractivity contribution in [2.45, 2.75) is 6.54 Å². The Balaban J connectivity index is 1.64. The number of pyridine rings is 2. The summed E-state index contributed by atoms with van der Waals surface area (Å²) in [7, 11) is 1.74. The number of anilines is 2. The van der Waals surface area contributed by atoms with Crippen LogP contribution in [0.2, 0.25) is 0 Å². The SMILES string of the molecule is CN(C(=O)c1ccc(NCc2cccnc2)cn1)c1ccccc1. The maximum absolute atomic E-state index is 12.5. The van der Waals surface area contributed by atoms with Crippen LogP contribution in [0.3, 0.4) is 0 Å². The third kappa shape index (κ3) is 3.76. The summed E-state index contributed by atoms with van der Waals surface area (Å²) in [6.07, 6.45) is 5.23. The Bertz CT molecular complexity index is 789. The van der Waals surface area contributed by atoms with Crippen LogP contribution in [0.25, 0.3) is 0 Å². The van der Waals surface area contributed by atoms with Crippen molar-refractivity contribution in [2.75, 3.05) is 17.3 Å². The maximum Gasteiger partial charge on any atom is 0.276 e. The van der Waals surface area contributed by atoms with E-state index >= 15 is 0 Å². The second-order valence-corrected chi connectivity index (χ2v) is 5.35. The number of nitrogens with zero attached hydrogens (tertiary/aromatic N) is 3. The molecule has 0 unspecified atom stereocenters. The van der Waals surface area contributed by atoms with Gasteiger partial charge in [-0.05, 0) is 35.9 Å². The lowest BCUT2D eigenvalue weighted by Gasteiger charge is -2.16. The first-order valence-corrected chi connectivity index (χ1v) is 7.66. The van der Waals surface area contributed by atoms with Crippen molar-refractivity contribution in [1.29, 1.82) is 0 Å². The zero-order chi connectivity index (χ0) is 16.8. The first-order chi connectivity index (χ1) is 11.7. The molecule has 0 saturated carbocycles. The van der Waals surface area contributed by atoms with Crippen molar-refractivity contribution in [3.05, 3.63) is 84.4 Å². The number of carbonyl (C=O) groups excluding carboxylic acids is 1. The number of nitrogens with one attached hydrogen (secondary N) is 1. The summed E-state index contributed by atoms with van der Waals surface area (Å²) in [5, 5.41) is 3.26. The van der Waals surface area contributed by atoms with Gasteiger partial charge in [0.1, 0.15) is 5.69 Å². The Labute approximate surface area is 141 Å². The van der Waals surface area contributed by atoms with E-state index in [2.05, 4.69) is 15.3 Å². The van der Waals surface area contributed by atoms with Gasteiger partial charge in [0.25, 0.3) is 5.91 Å². The molecule has 1 amide bonds. The molecule has 3 aromatic rings. The van der Waals surface area contributed by atoms with Crippen molar-refractivity contribution >= 4 is 17.3 Å². The van der Waals surface area contributed by atoms with Gasteiger partial charge >= 0.3 is 0 Å². The van der Waals surface area contributed by atoms with Crippen molar-refractivity contribution < 1.29 is 4.79 Å². The van der Waals surface area contributed by atoms with Crippen molar-refractivity contribution in [1.82, 2.24) is 9.97 Å². The van der Waals surface area contributed by atoms with Crippen molar-refractivity contribution in [3.8, 4) is 0 Å². The van der Waals surface area contributed by atoms with E-state index in [1.807, 2.05) is 54.7 Å². The number of aromatic nitrogens is 2. The van der Waals surface area contributed by atoms with Crippen molar-refractivity contribution in [2.24, 2.45) is 0 Å². The summed E-state index contributed by atoms with van der Waals surface area (Å²) in [5.41, 5.74) is 3.19. The topological polar surface area (TPSA) is 58.1 Å². The van der Waals surface area contributed by atoms with Gasteiger partial charge in [-0.3, -0.25) is 9.78 Å². The summed E-state index contributed by atoms with van der Waals surface area (Å²) in [4.78, 5) is 22.4. The molecule has 0 bridgehead atoms. The summed E-state index contributed by atoms with van der Waals surface area (Å²) >= 11 is 0. The van der Waals surface area contributed by atoms with Crippen LogP contribution in [0, 0.1) is 0 Å². The van der Waals surface area contributed by atoms with Gasteiger partial charge in [0, 0.05) is 31.7 Å². The summed E-state index contributed by atoms with van der Waals surface area (Å²) in [5.74, 6) is -0.139. The molecule has 5 nitrogen and oxygen atoms in total. The Morgan fingerprint density at radius 3 is 2.54 bits per heavy atom. The molecule has 24 heavy (non-hydrogen) atoms. The average Bonchev–Trinajstić information content (AvgIpc) is 2.67. The molecular weight excluding hydrogens is 300 g/mol. The predicted molar refractivity (Wildman–Crippen MR) is 95.0 cm³/mol. The molecule has 0 radical (unpaired) electrons. The first-order valence-electron chi connectivity index (χ1n) is 7.66. The molecule has 1 N–H and O–H groups in total. The average molecular weight is 318 g/mol. The molecule has 0 saturated heterocycles. The number of carbonyl (C=O) groups is 1. The molecule has 5 heteroatoms. The Kier molecular flexibility index (Phi) is 4.81. The third-order valence-electron chi connectivity index (χ3n) is 3.65. The van der Waals surface area contributed by atoms with E-state index in [1.165, 1.54) is 0 Å². The lowest BCUT2D eigenvalue weighted by atomic mass is 10.2. The van der Waals surface area contributed by atoms with Crippen LogP contribution in [0.4, 0.5) is 11.4 Å². The number of amides is 1. The number of para-hydroxylation sites is 1. The van der Waals surface area contributed by atoms with Gasteiger partial charge in [0.15, 0.2) is 0 Å². The molecule has 0 atom stereocenters. The van der Waals surface area contributed by atoms with Crippen LogP contribution < -0.4 is 10.2 Å². The molecule has 120 valence electrons. The summed E-state index contributed by atoms with van der Waals surface area (Å²) in [6, 6.07) is 17.0. The fourth-order valence-corrected chi connectivity index (χ4v) is 2.27. The standard InChI is InChI=1S/C19H18N4O/c1-23(17-7-3-2-4-8-17)19(24)18-10-9-16(14-22-18)21-13-15-6-5-11-20-12-15/h2-12,14,21H,13H2,1H3. The monoisotopic (exact) mass is 318 g/mol. The molecule has 0 spiro atoms. The molecule has 1 aromatic carbocycles. The number of rotatable bonds is 5. The van der Waals surface area contributed by atoms with E-state index in [9.17, 15) is 4.79 Å². The van der Waals surface area contributed by atoms with Crippen LogP contribution in [0.5, 0.6) is 0 Å². The minimum atomic E-state index is -0.139. The van der Waals surface area contributed by atoms with Crippen LogP contribution >= 0.6 is 0 Å². The summed E-state index contributed by atoms with van der Waals surface area (Å²) in [6.45, 7) is 0.659. The Hall–Kier alpha value is -3.21. The fourth-order valence-electron chi connectivity index (χ4n) is 2.27. The van der Waals surface area contributed by atoms with Gasteiger partial charge in [0.05, 0.1) is 11.9 Å².